The second-order valence-electron chi connectivity index (χ2n) is 6.49. The minimum atomic E-state index is -1.29. The highest BCUT2D eigenvalue weighted by Gasteiger charge is 2.27. The molecular weight excluding hydrogens is 320 g/mol. The standard InChI is InChI=1S/C20H32O5/c1-4-6-8-10-12-14-15(13-11-9-7-5-2)19(25-3)16(20(23)24)18(22)17(14)21/h21-22H,4-13H2,1-3H3,(H,23,24). The maximum Gasteiger partial charge on any atom is 0.343 e. The second-order valence-corrected chi connectivity index (χ2v) is 6.49. The van der Waals surface area contributed by atoms with E-state index in [1.54, 1.807) is 0 Å². The molecule has 142 valence electrons. The van der Waals surface area contributed by atoms with Crippen LogP contribution in [0.15, 0.2) is 0 Å². The molecule has 0 spiro atoms. The maximum atomic E-state index is 11.5. The molecule has 0 fully saturated rings. The van der Waals surface area contributed by atoms with Crippen LogP contribution in [0, 0.1) is 0 Å². The third-order valence-corrected chi connectivity index (χ3v) is 4.59. The zero-order valence-electron chi connectivity index (χ0n) is 15.7. The number of hydrogen-bond donors (Lipinski definition) is 3. The van der Waals surface area contributed by atoms with Crippen LogP contribution in [0.3, 0.4) is 0 Å². The number of aromatic carboxylic acids is 1. The molecule has 5 heteroatoms. The van der Waals surface area contributed by atoms with Gasteiger partial charge in [-0.25, -0.2) is 4.79 Å². The van der Waals surface area contributed by atoms with Gasteiger partial charge in [0.15, 0.2) is 11.5 Å². The SMILES string of the molecule is CCCCCCc1c(O)c(O)c(C(=O)O)c(OC)c1CCCCCC. The second kappa shape index (κ2) is 10.9. The molecule has 0 saturated carbocycles. The number of carboxylic acid groups (broad SMARTS) is 1. The number of carboxylic acids is 1. The van der Waals surface area contributed by atoms with E-state index in [0.29, 0.717) is 18.4 Å². The number of phenols is 2. The van der Waals surface area contributed by atoms with Gasteiger partial charge in [0.25, 0.3) is 0 Å². The van der Waals surface area contributed by atoms with Gasteiger partial charge in [0.05, 0.1) is 7.11 Å². The lowest BCUT2D eigenvalue weighted by Crippen LogP contribution is -2.08. The van der Waals surface area contributed by atoms with Gasteiger partial charge in [0.1, 0.15) is 11.3 Å². The topological polar surface area (TPSA) is 87.0 Å². The van der Waals surface area contributed by atoms with E-state index < -0.39 is 11.7 Å². The summed E-state index contributed by atoms with van der Waals surface area (Å²) in [5.41, 5.74) is 1.01. The van der Waals surface area contributed by atoms with Gasteiger partial charge in [-0.1, -0.05) is 52.4 Å². The van der Waals surface area contributed by atoms with E-state index in [2.05, 4.69) is 13.8 Å². The number of methoxy groups -OCH3 is 1. The van der Waals surface area contributed by atoms with Crippen LogP contribution in [0.1, 0.15) is 86.7 Å². The third kappa shape index (κ3) is 5.55. The molecule has 0 unspecified atom stereocenters. The van der Waals surface area contributed by atoms with Crippen molar-refractivity contribution in [3.8, 4) is 17.2 Å². The first-order valence-corrected chi connectivity index (χ1v) is 9.36. The molecule has 1 aromatic carbocycles. The van der Waals surface area contributed by atoms with Gasteiger partial charge in [-0.15, -0.1) is 0 Å². The highest BCUT2D eigenvalue weighted by Crippen LogP contribution is 2.44. The van der Waals surface area contributed by atoms with Crippen LogP contribution in [-0.4, -0.2) is 28.4 Å². The smallest absolute Gasteiger partial charge is 0.343 e. The lowest BCUT2D eigenvalue weighted by molar-refractivity contribution is 0.0688. The van der Waals surface area contributed by atoms with Crippen molar-refractivity contribution >= 4 is 5.97 Å². The van der Waals surface area contributed by atoms with Gasteiger partial charge in [-0.05, 0) is 25.7 Å². The summed E-state index contributed by atoms with van der Waals surface area (Å²) >= 11 is 0. The first kappa shape index (κ1) is 21.1. The highest BCUT2D eigenvalue weighted by molar-refractivity contribution is 5.96. The predicted molar refractivity (Wildman–Crippen MR) is 99.0 cm³/mol. The maximum absolute atomic E-state index is 11.5. The normalized spacial score (nSPS) is 10.8. The largest absolute Gasteiger partial charge is 0.504 e. The zero-order valence-corrected chi connectivity index (χ0v) is 15.7. The molecule has 25 heavy (non-hydrogen) atoms. The summed E-state index contributed by atoms with van der Waals surface area (Å²) in [4.78, 5) is 11.5. The van der Waals surface area contributed by atoms with Crippen molar-refractivity contribution in [3.05, 3.63) is 16.7 Å². The van der Waals surface area contributed by atoms with Crippen molar-refractivity contribution in [1.29, 1.82) is 0 Å². The van der Waals surface area contributed by atoms with Crippen molar-refractivity contribution in [2.24, 2.45) is 0 Å². The summed E-state index contributed by atoms with van der Waals surface area (Å²) in [7, 11) is 1.41. The van der Waals surface area contributed by atoms with Crippen molar-refractivity contribution in [2.45, 2.75) is 78.1 Å². The van der Waals surface area contributed by atoms with Crippen LogP contribution in [0.4, 0.5) is 0 Å². The van der Waals surface area contributed by atoms with Gasteiger partial charge >= 0.3 is 5.97 Å². The lowest BCUT2D eigenvalue weighted by Gasteiger charge is -2.19. The Kier molecular flexibility index (Phi) is 9.17. The summed E-state index contributed by atoms with van der Waals surface area (Å²) in [6.45, 7) is 4.27. The number of rotatable bonds is 12. The Morgan fingerprint density at radius 2 is 1.36 bits per heavy atom. The molecule has 3 N–H and O–H groups in total. The number of benzene rings is 1. The fourth-order valence-electron chi connectivity index (χ4n) is 3.21. The Hall–Kier alpha value is -1.91. The Labute approximate surface area is 150 Å². The monoisotopic (exact) mass is 352 g/mol. The molecule has 5 nitrogen and oxygen atoms in total. The fourth-order valence-corrected chi connectivity index (χ4v) is 3.21. The van der Waals surface area contributed by atoms with Crippen LogP contribution in [0.5, 0.6) is 17.2 Å². The molecule has 0 amide bonds. The summed E-state index contributed by atoms with van der Waals surface area (Å²) in [5.74, 6) is -2.01. The van der Waals surface area contributed by atoms with Gasteiger partial charge in [0, 0.05) is 11.1 Å². The zero-order chi connectivity index (χ0) is 18.8. The quantitative estimate of drug-likeness (QED) is 0.362. The molecular formula is C20H32O5. The van der Waals surface area contributed by atoms with E-state index in [1.165, 1.54) is 7.11 Å². The highest BCUT2D eigenvalue weighted by atomic mass is 16.5. The minimum Gasteiger partial charge on any atom is -0.504 e. The van der Waals surface area contributed by atoms with Crippen molar-refractivity contribution in [1.82, 2.24) is 0 Å². The number of ether oxygens (including phenoxy) is 1. The first-order chi connectivity index (χ1) is 12.0. The van der Waals surface area contributed by atoms with E-state index in [4.69, 9.17) is 4.74 Å². The van der Waals surface area contributed by atoms with Crippen molar-refractivity contribution in [3.63, 3.8) is 0 Å². The Morgan fingerprint density at radius 1 is 0.840 bits per heavy atom. The van der Waals surface area contributed by atoms with Gasteiger partial charge < -0.3 is 20.1 Å². The Bertz CT molecular complexity index is 566. The molecule has 0 aliphatic carbocycles. The van der Waals surface area contributed by atoms with Crippen LogP contribution in [0.25, 0.3) is 0 Å². The number of phenolic OH excluding ortho intramolecular Hbond substituents is 1. The van der Waals surface area contributed by atoms with Crippen LogP contribution >= 0.6 is 0 Å². The third-order valence-electron chi connectivity index (χ3n) is 4.59. The van der Waals surface area contributed by atoms with E-state index in [1.807, 2.05) is 0 Å². The van der Waals surface area contributed by atoms with E-state index in [9.17, 15) is 20.1 Å². The molecule has 0 heterocycles. The van der Waals surface area contributed by atoms with E-state index in [0.717, 1.165) is 56.9 Å². The molecule has 0 atom stereocenters. The van der Waals surface area contributed by atoms with E-state index >= 15 is 0 Å². The number of aromatic hydroxyl groups is 2. The average Bonchev–Trinajstić information content (AvgIpc) is 2.59. The summed E-state index contributed by atoms with van der Waals surface area (Å²) in [6.07, 6.45) is 9.57. The lowest BCUT2D eigenvalue weighted by atomic mass is 9.91. The van der Waals surface area contributed by atoms with Crippen molar-refractivity contribution in [2.75, 3.05) is 7.11 Å². The van der Waals surface area contributed by atoms with Gasteiger partial charge in [-0.3, -0.25) is 0 Å². The summed E-state index contributed by atoms with van der Waals surface area (Å²) < 4.78 is 5.35. The number of hydrogen-bond acceptors (Lipinski definition) is 4. The van der Waals surface area contributed by atoms with Crippen LogP contribution in [0.2, 0.25) is 0 Å². The molecule has 0 aliphatic rings. The Morgan fingerprint density at radius 3 is 1.80 bits per heavy atom. The first-order valence-electron chi connectivity index (χ1n) is 9.36. The summed E-state index contributed by atoms with van der Waals surface area (Å²) in [6, 6.07) is 0. The molecule has 1 aromatic rings. The Balaban J connectivity index is 3.24. The molecule has 0 radical (unpaired) electrons. The van der Waals surface area contributed by atoms with Gasteiger partial charge in [0.2, 0.25) is 0 Å². The van der Waals surface area contributed by atoms with Gasteiger partial charge in [-0.2, -0.15) is 0 Å². The fraction of sp³-hybridized carbons (Fsp3) is 0.650. The minimum absolute atomic E-state index is 0.185. The molecule has 0 aromatic heterocycles. The molecule has 1 rings (SSSR count). The number of unbranched alkanes of at least 4 members (excludes halogenated alkanes) is 6. The number of carbonyl (C=O) groups is 1. The van der Waals surface area contributed by atoms with Crippen LogP contribution < -0.4 is 4.74 Å². The van der Waals surface area contributed by atoms with Crippen LogP contribution in [-0.2, 0) is 12.8 Å². The summed E-state index contributed by atoms with van der Waals surface area (Å²) in [5, 5.41) is 30.0. The molecule has 0 bridgehead atoms. The average molecular weight is 352 g/mol. The predicted octanol–water partition coefficient (Wildman–Crippen LogP) is 5.05. The van der Waals surface area contributed by atoms with Crippen molar-refractivity contribution < 1.29 is 24.9 Å². The molecule has 0 saturated heterocycles. The molecule has 0 aliphatic heterocycles. The van der Waals surface area contributed by atoms with E-state index in [-0.39, 0.29) is 17.1 Å².